The number of hydrogen-bond acceptors (Lipinski definition) is 5. The first-order valence-corrected chi connectivity index (χ1v) is 16.8. The zero-order valence-electron chi connectivity index (χ0n) is 24.3. The lowest BCUT2D eigenvalue weighted by molar-refractivity contribution is -0.139. The van der Waals surface area contributed by atoms with Gasteiger partial charge >= 0.3 is 0 Å². The van der Waals surface area contributed by atoms with Gasteiger partial charge in [0.2, 0.25) is 11.8 Å². The minimum Gasteiger partial charge on any atom is -0.352 e. The third-order valence-corrected chi connectivity index (χ3v) is 10.2. The van der Waals surface area contributed by atoms with E-state index in [1.54, 1.807) is 55.5 Å². The molecule has 1 N–H and O–H groups in total. The molecule has 0 saturated heterocycles. The Hall–Kier alpha value is -3.37. The van der Waals surface area contributed by atoms with E-state index in [9.17, 15) is 22.4 Å². The molecule has 0 spiro atoms. The Morgan fingerprint density at radius 3 is 2.17 bits per heavy atom. The van der Waals surface area contributed by atoms with Crippen molar-refractivity contribution in [3.05, 3.63) is 89.7 Å². The Labute approximate surface area is 252 Å². The summed E-state index contributed by atoms with van der Waals surface area (Å²) < 4.78 is 42.7. The molecule has 0 heterocycles. The smallest absolute Gasteiger partial charge is 0.264 e. The normalized spacial score (nSPS) is 14.7. The number of anilines is 1. The molecule has 42 heavy (non-hydrogen) atoms. The number of benzene rings is 3. The highest BCUT2D eigenvalue weighted by Gasteiger charge is 2.33. The molecule has 3 aromatic carbocycles. The maximum atomic E-state index is 14.0. The number of rotatable bonds is 11. The predicted molar refractivity (Wildman–Crippen MR) is 165 cm³/mol. The average molecular weight is 612 g/mol. The summed E-state index contributed by atoms with van der Waals surface area (Å²) in [7, 11) is -4.14. The second-order valence-electron chi connectivity index (χ2n) is 10.7. The van der Waals surface area contributed by atoms with Crippen LogP contribution in [0.2, 0.25) is 0 Å². The van der Waals surface area contributed by atoms with E-state index in [-0.39, 0.29) is 23.4 Å². The van der Waals surface area contributed by atoms with Gasteiger partial charge in [-0.05, 0) is 87.0 Å². The Kier molecular flexibility index (Phi) is 10.7. The molecule has 0 radical (unpaired) electrons. The molecule has 0 aromatic heterocycles. The summed E-state index contributed by atoms with van der Waals surface area (Å²) in [6.45, 7) is 3.04. The van der Waals surface area contributed by atoms with Gasteiger partial charge < -0.3 is 10.2 Å². The average Bonchev–Trinajstić information content (AvgIpc) is 3.00. The second kappa shape index (κ2) is 14.2. The van der Waals surface area contributed by atoms with Crippen LogP contribution in [0.15, 0.2) is 82.6 Å². The molecule has 0 bridgehead atoms. The highest BCUT2D eigenvalue weighted by Crippen LogP contribution is 2.27. The van der Waals surface area contributed by atoms with Gasteiger partial charge in [0.05, 0.1) is 10.6 Å². The molecule has 7 nitrogen and oxygen atoms in total. The lowest BCUT2D eigenvalue weighted by Crippen LogP contribution is -2.53. The molecule has 3 aromatic rings. The van der Waals surface area contributed by atoms with Gasteiger partial charge in [-0.15, -0.1) is 11.8 Å². The van der Waals surface area contributed by atoms with Crippen molar-refractivity contribution in [1.82, 2.24) is 10.2 Å². The van der Waals surface area contributed by atoms with Gasteiger partial charge in [-0.1, -0.05) is 49.1 Å². The van der Waals surface area contributed by atoms with Crippen molar-refractivity contribution < 1.29 is 22.4 Å². The zero-order chi connectivity index (χ0) is 30.3. The number of thioether (sulfide) groups is 1. The quantitative estimate of drug-likeness (QED) is 0.272. The Bertz CT molecular complexity index is 1460. The summed E-state index contributed by atoms with van der Waals surface area (Å²) in [4.78, 5) is 29.8. The van der Waals surface area contributed by atoms with Crippen molar-refractivity contribution in [3.8, 4) is 0 Å². The van der Waals surface area contributed by atoms with Crippen LogP contribution >= 0.6 is 11.8 Å². The highest BCUT2D eigenvalue weighted by atomic mass is 32.2. The summed E-state index contributed by atoms with van der Waals surface area (Å²) in [5.74, 6) is -1.26. The number of nitrogens with zero attached hydrogens (tertiary/aromatic N) is 2. The van der Waals surface area contributed by atoms with E-state index in [0.29, 0.717) is 11.3 Å². The first-order chi connectivity index (χ1) is 20.1. The van der Waals surface area contributed by atoms with Gasteiger partial charge in [-0.2, -0.15) is 0 Å². The van der Waals surface area contributed by atoms with E-state index < -0.39 is 34.3 Å². The highest BCUT2D eigenvalue weighted by molar-refractivity contribution is 7.98. The molecule has 0 unspecified atom stereocenters. The van der Waals surface area contributed by atoms with E-state index in [0.717, 1.165) is 46.9 Å². The van der Waals surface area contributed by atoms with Crippen molar-refractivity contribution in [1.29, 1.82) is 0 Å². The van der Waals surface area contributed by atoms with Crippen molar-refractivity contribution in [3.63, 3.8) is 0 Å². The van der Waals surface area contributed by atoms with Crippen molar-refractivity contribution >= 4 is 39.3 Å². The number of carbonyl (C=O) groups is 2. The van der Waals surface area contributed by atoms with E-state index in [2.05, 4.69) is 5.32 Å². The molecule has 2 amide bonds. The van der Waals surface area contributed by atoms with Crippen LogP contribution in [0.5, 0.6) is 0 Å². The molecule has 1 fully saturated rings. The fourth-order valence-corrected chi connectivity index (χ4v) is 6.87. The fourth-order valence-electron chi connectivity index (χ4n) is 5.05. The SMILES string of the molecule is CSc1ccc(S(=O)(=O)N(CC(=O)N(Cc2ccc(F)cc2)[C@@H](C)C(=O)NC2CCCCC2)c2ccc(C)cc2)cc1. The van der Waals surface area contributed by atoms with Crippen LogP contribution in [0.1, 0.15) is 50.2 Å². The van der Waals surface area contributed by atoms with E-state index >= 15 is 0 Å². The number of hydrogen-bond donors (Lipinski definition) is 1. The molecule has 1 aliphatic rings. The standard InChI is InChI=1S/C32H38FN3O4S2/c1-23-9-15-28(16-10-23)36(42(39,40)30-19-17-29(41-3)18-20-30)22-31(37)35(21-25-11-13-26(33)14-12-25)24(2)32(38)34-27-7-5-4-6-8-27/h9-20,24,27H,4-8,21-22H2,1-3H3,(H,34,38)/t24-/m0/s1. The number of nitrogens with one attached hydrogen (secondary N) is 1. The van der Waals surface area contributed by atoms with E-state index in [4.69, 9.17) is 0 Å². The predicted octanol–water partition coefficient (Wildman–Crippen LogP) is 5.92. The molecule has 1 saturated carbocycles. The van der Waals surface area contributed by atoms with Crippen molar-refractivity contribution in [2.24, 2.45) is 0 Å². The van der Waals surface area contributed by atoms with E-state index in [1.165, 1.54) is 40.9 Å². The first kappa shape index (κ1) is 31.6. The zero-order valence-corrected chi connectivity index (χ0v) is 25.9. The number of halogens is 1. The molecular weight excluding hydrogens is 574 g/mol. The van der Waals surface area contributed by atoms with Crippen molar-refractivity contribution in [2.75, 3.05) is 17.1 Å². The van der Waals surface area contributed by atoms with Crippen LogP contribution in [0.4, 0.5) is 10.1 Å². The molecule has 10 heteroatoms. The van der Waals surface area contributed by atoms with Crippen LogP contribution in [-0.2, 0) is 26.2 Å². The number of sulfonamides is 1. The number of carbonyl (C=O) groups excluding carboxylic acids is 2. The minimum absolute atomic E-state index is 0.0164. The van der Waals surface area contributed by atoms with Crippen LogP contribution in [0, 0.1) is 12.7 Å². The lowest BCUT2D eigenvalue weighted by atomic mass is 9.95. The second-order valence-corrected chi connectivity index (χ2v) is 13.4. The van der Waals surface area contributed by atoms with Crippen molar-refractivity contribution in [2.45, 2.75) is 74.4 Å². The van der Waals surface area contributed by atoms with Crippen LogP contribution in [-0.4, -0.2) is 50.0 Å². The van der Waals surface area contributed by atoms with Crippen LogP contribution < -0.4 is 9.62 Å². The topological polar surface area (TPSA) is 86.8 Å². The van der Waals surface area contributed by atoms with Gasteiger partial charge in [0.1, 0.15) is 18.4 Å². The summed E-state index contributed by atoms with van der Waals surface area (Å²) >= 11 is 1.50. The Morgan fingerprint density at radius 2 is 1.57 bits per heavy atom. The maximum absolute atomic E-state index is 14.0. The maximum Gasteiger partial charge on any atom is 0.264 e. The summed E-state index contributed by atoms with van der Waals surface area (Å²) in [6, 6.07) is 18.3. The summed E-state index contributed by atoms with van der Waals surface area (Å²) in [5, 5.41) is 3.08. The monoisotopic (exact) mass is 611 g/mol. The molecule has 0 aliphatic heterocycles. The summed E-state index contributed by atoms with van der Waals surface area (Å²) in [6.07, 6.45) is 6.90. The minimum atomic E-state index is -4.14. The largest absolute Gasteiger partial charge is 0.352 e. The number of aryl methyl sites for hydroxylation is 1. The van der Waals surface area contributed by atoms with Gasteiger partial charge in [-0.25, -0.2) is 12.8 Å². The Morgan fingerprint density at radius 1 is 0.952 bits per heavy atom. The lowest BCUT2D eigenvalue weighted by Gasteiger charge is -2.33. The van der Waals surface area contributed by atoms with Gasteiger partial charge in [0, 0.05) is 17.5 Å². The molecule has 224 valence electrons. The van der Waals surface area contributed by atoms with E-state index in [1.807, 2.05) is 13.2 Å². The first-order valence-electron chi connectivity index (χ1n) is 14.2. The molecular formula is C32H38FN3O4S2. The molecule has 4 rings (SSSR count). The van der Waals surface area contributed by atoms with Crippen LogP contribution in [0.3, 0.4) is 0 Å². The fraction of sp³-hybridized carbons (Fsp3) is 0.375. The third-order valence-electron chi connectivity index (χ3n) is 7.63. The molecule has 1 atom stereocenters. The molecule has 1 aliphatic carbocycles. The Balaban J connectivity index is 1.66. The summed E-state index contributed by atoms with van der Waals surface area (Å²) in [5.41, 5.74) is 1.90. The number of amides is 2. The third kappa shape index (κ3) is 7.92. The van der Waals surface area contributed by atoms with Gasteiger partial charge in [0.15, 0.2) is 0 Å². The van der Waals surface area contributed by atoms with Gasteiger partial charge in [-0.3, -0.25) is 13.9 Å². The van der Waals surface area contributed by atoms with Gasteiger partial charge in [0.25, 0.3) is 10.0 Å². The van der Waals surface area contributed by atoms with Crippen LogP contribution in [0.25, 0.3) is 0 Å².